The largest absolute Gasteiger partial charge is 0.497 e. The molecule has 1 aliphatic heterocycles. The third kappa shape index (κ3) is 2.82. The SMILES string of the molecule is CCC1c2c(cc(OC)cc2OC)CCN1C(=O)c1cccnc1. The van der Waals surface area contributed by atoms with Gasteiger partial charge in [-0.25, -0.2) is 0 Å². The van der Waals surface area contributed by atoms with Gasteiger partial charge in [0.15, 0.2) is 0 Å². The van der Waals surface area contributed by atoms with Crippen molar-refractivity contribution in [2.24, 2.45) is 0 Å². The van der Waals surface area contributed by atoms with Gasteiger partial charge in [-0.3, -0.25) is 9.78 Å². The Bertz CT molecular complexity index is 714. The van der Waals surface area contributed by atoms with Gasteiger partial charge in [0.1, 0.15) is 11.5 Å². The predicted molar refractivity (Wildman–Crippen MR) is 91.6 cm³/mol. The molecule has 0 fully saturated rings. The first-order chi connectivity index (χ1) is 11.7. The molecule has 5 heteroatoms. The van der Waals surface area contributed by atoms with Crippen molar-refractivity contribution >= 4 is 5.91 Å². The average molecular weight is 326 g/mol. The van der Waals surface area contributed by atoms with E-state index in [4.69, 9.17) is 9.47 Å². The van der Waals surface area contributed by atoms with Crippen LogP contribution in [0, 0.1) is 0 Å². The molecule has 0 aliphatic carbocycles. The number of benzene rings is 1. The number of carbonyl (C=O) groups excluding carboxylic acids is 1. The Kier molecular flexibility index (Phi) is 4.69. The van der Waals surface area contributed by atoms with E-state index in [9.17, 15) is 4.79 Å². The lowest BCUT2D eigenvalue weighted by atomic mass is 9.89. The van der Waals surface area contributed by atoms with Crippen LogP contribution in [-0.2, 0) is 6.42 Å². The van der Waals surface area contributed by atoms with Crippen molar-refractivity contribution < 1.29 is 14.3 Å². The molecule has 2 aromatic rings. The lowest BCUT2D eigenvalue weighted by molar-refractivity contribution is 0.0652. The molecule has 24 heavy (non-hydrogen) atoms. The average Bonchev–Trinajstić information content (AvgIpc) is 2.66. The highest BCUT2D eigenvalue weighted by Gasteiger charge is 2.33. The van der Waals surface area contributed by atoms with Crippen LogP contribution in [0.25, 0.3) is 0 Å². The summed E-state index contributed by atoms with van der Waals surface area (Å²) in [5.41, 5.74) is 2.89. The molecule has 1 aromatic carbocycles. The summed E-state index contributed by atoms with van der Waals surface area (Å²) in [5.74, 6) is 1.57. The number of aromatic nitrogens is 1. The van der Waals surface area contributed by atoms with Crippen molar-refractivity contribution in [1.82, 2.24) is 9.88 Å². The Labute approximate surface area is 142 Å². The molecule has 1 aliphatic rings. The van der Waals surface area contributed by atoms with E-state index in [1.807, 2.05) is 23.1 Å². The molecule has 0 saturated carbocycles. The molecule has 0 N–H and O–H groups in total. The van der Waals surface area contributed by atoms with Crippen molar-refractivity contribution in [3.63, 3.8) is 0 Å². The summed E-state index contributed by atoms with van der Waals surface area (Å²) in [7, 11) is 3.31. The summed E-state index contributed by atoms with van der Waals surface area (Å²) in [6, 6.07) is 7.52. The number of amides is 1. The lowest BCUT2D eigenvalue weighted by Crippen LogP contribution is -2.40. The normalized spacial score (nSPS) is 16.5. The van der Waals surface area contributed by atoms with Gasteiger partial charge in [-0.1, -0.05) is 6.92 Å². The molecule has 1 amide bonds. The minimum Gasteiger partial charge on any atom is -0.497 e. The van der Waals surface area contributed by atoms with Crippen LogP contribution in [0.3, 0.4) is 0 Å². The van der Waals surface area contributed by atoms with E-state index in [2.05, 4.69) is 11.9 Å². The molecule has 0 saturated heterocycles. The summed E-state index contributed by atoms with van der Waals surface area (Å²) in [6.45, 7) is 2.77. The summed E-state index contributed by atoms with van der Waals surface area (Å²) >= 11 is 0. The van der Waals surface area contributed by atoms with Crippen molar-refractivity contribution in [3.8, 4) is 11.5 Å². The van der Waals surface area contributed by atoms with Crippen LogP contribution in [0.15, 0.2) is 36.7 Å². The smallest absolute Gasteiger partial charge is 0.255 e. The second-order valence-corrected chi connectivity index (χ2v) is 5.82. The topological polar surface area (TPSA) is 51.7 Å². The molecule has 126 valence electrons. The number of nitrogens with zero attached hydrogens (tertiary/aromatic N) is 2. The van der Waals surface area contributed by atoms with E-state index in [0.717, 1.165) is 29.9 Å². The molecule has 1 aromatic heterocycles. The van der Waals surface area contributed by atoms with Gasteiger partial charge in [-0.15, -0.1) is 0 Å². The van der Waals surface area contributed by atoms with Crippen LogP contribution in [0.1, 0.15) is 40.9 Å². The van der Waals surface area contributed by atoms with Gasteiger partial charge in [-0.2, -0.15) is 0 Å². The maximum absolute atomic E-state index is 12.9. The number of carbonyl (C=O) groups is 1. The molecule has 0 bridgehead atoms. The molecule has 5 nitrogen and oxygen atoms in total. The third-order valence-electron chi connectivity index (χ3n) is 4.54. The van der Waals surface area contributed by atoms with Crippen LogP contribution in [0.2, 0.25) is 0 Å². The highest BCUT2D eigenvalue weighted by molar-refractivity contribution is 5.94. The molecule has 3 rings (SSSR count). The maximum Gasteiger partial charge on any atom is 0.255 e. The summed E-state index contributed by atoms with van der Waals surface area (Å²) < 4.78 is 11.0. The van der Waals surface area contributed by atoms with Gasteiger partial charge >= 0.3 is 0 Å². The number of rotatable bonds is 4. The van der Waals surface area contributed by atoms with E-state index >= 15 is 0 Å². The standard InChI is InChI=1S/C19H22N2O3/c1-4-16-18-13(10-15(23-2)11-17(18)24-3)7-9-21(16)19(22)14-6-5-8-20-12-14/h5-6,8,10-12,16H,4,7,9H2,1-3H3. The van der Waals surface area contributed by atoms with Gasteiger partial charge < -0.3 is 14.4 Å². The quantitative estimate of drug-likeness (QED) is 0.865. The Morgan fingerprint density at radius 2 is 2.17 bits per heavy atom. The van der Waals surface area contributed by atoms with Gasteiger partial charge in [0.2, 0.25) is 0 Å². The van der Waals surface area contributed by atoms with Crippen LogP contribution in [0.4, 0.5) is 0 Å². The summed E-state index contributed by atoms with van der Waals surface area (Å²) in [4.78, 5) is 18.9. The molecular formula is C19H22N2O3. The van der Waals surface area contributed by atoms with Gasteiger partial charge in [0.05, 0.1) is 25.8 Å². The van der Waals surface area contributed by atoms with Crippen molar-refractivity contribution in [1.29, 1.82) is 0 Å². The molecule has 0 spiro atoms. The van der Waals surface area contributed by atoms with Gasteiger partial charge in [0, 0.05) is 30.6 Å². The molecule has 0 radical (unpaired) electrons. The predicted octanol–water partition coefficient (Wildman–Crippen LogP) is 3.25. The van der Waals surface area contributed by atoms with Crippen LogP contribution in [0.5, 0.6) is 11.5 Å². The second-order valence-electron chi connectivity index (χ2n) is 5.82. The summed E-state index contributed by atoms with van der Waals surface area (Å²) in [6.07, 6.45) is 4.90. The van der Waals surface area contributed by atoms with Crippen LogP contribution >= 0.6 is 0 Å². The van der Waals surface area contributed by atoms with Gasteiger partial charge in [0.25, 0.3) is 5.91 Å². The van der Waals surface area contributed by atoms with Crippen molar-refractivity contribution in [2.45, 2.75) is 25.8 Å². The van der Waals surface area contributed by atoms with Crippen molar-refractivity contribution in [3.05, 3.63) is 53.3 Å². The zero-order chi connectivity index (χ0) is 17.1. The van der Waals surface area contributed by atoms with E-state index in [1.54, 1.807) is 32.7 Å². The minimum absolute atomic E-state index is 0.0117. The zero-order valence-electron chi connectivity index (χ0n) is 14.3. The highest BCUT2D eigenvalue weighted by Crippen LogP contribution is 2.41. The maximum atomic E-state index is 12.9. The van der Waals surface area contributed by atoms with Crippen LogP contribution in [-0.4, -0.2) is 36.6 Å². The number of ether oxygens (including phenoxy) is 2. The lowest BCUT2D eigenvalue weighted by Gasteiger charge is -2.38. The second kappa shape index (κ2) is 6.91. The first-order valence-corrected chi connectivity index (χ1v) is 8.15. The summed E-state index contributed by atoms with van der Waals surface area (Å²) in [5, 5.41) is 0. The van der Waals surface area contributed by atoms with Gasteiger partial charge in [-0.05, 0) is 36.6 Å². The van der Waals surface area contributed by atoms with E-state index in [0.29, 0.717) is 12.1 Å². The van der Waals surface area contributed by atoms with Crippen molar-refractivity contribution in [2.75, 3.05) is 20.8 Å². The van der Waals surface area contributed by atoms with E-state index < -0.39 is 0 Å². The number of hydrogen-bond acceptors (Lipinski definition) is 4. The monoisotopic (exact) mass is 326 g/mol. The zero-order valence-corrected chi connectivity index (χ0v) is 14.3. The molecule has 2 heterocycles. The fourth-order valence-corrected chi connectivity index (χ4v) is 3.40. The molecule has 1 atom stereocenters. The van der Waals surface area contributed by atoms with Crippen LogP contribution < -0.4 is 9.47 Å². The number of methoxy groups -OCH3 is 2. The Hall–Kier alpha value is -2.56. The fourth-order valence-electron chi connectivity index (χ4n) is 3.40. The molecular weight excluding hydrogens is 304 g/mol. The first kappa shape index (κ1) is 16.3. The third-order valence-corrected chi connectivity index (χ3v) is 4.54. The number of pyridine rings is 1. The fraction of sp³-hybridized carbons (Fsp3) is 0.368. The first-order valence-electron chi connectivity index (χ1n) is 8.15. The number of fused-ring (bicyclic) bond motifs is 1. The Balaban J connectivity index is 2.02. The van der Waals surface area contributed by atoms with E-state index in [-0.39, 0.29) is 11.9 Å². The Morgan fingerprint density at radius 3 is 2.79 bits per heavy atom. The molecule has 1 unspecified atom stereocenters. The Morgan fingerprint density at radius 1 is 1.33 bits per heavy atom. The van der Waals surface area contributed by atoms with E-state index in [1.165, 1.54) is 5.56 Å². The minimum atomic E-state index is -0.0117. The number of hydrogen-bond donors (Lipinski definition) is 0. The highest BCUT2D eigenvalue weighted by atomic mass is 16.5.